The van der Waals surface area contributed by atoms with Gasteiger partial charge < -0.3 is 0 Å². The monoisotopic (exact) mass is 185 g/mol. The van der Waals surface area contributed by atoms with Crippen LogP contribution in [0, 0.1) is 6.92 Å². The van der Waals surface area contributed by atoms with Crippen molar-refractivity contribution in [3.05, 3.63) is 60.3 Å². The molecule has 1 heterocycles. The molecule has 2 aromatic rings. The summed E-state index contributed by atoms with van der Waals surface area (Å²) in [5.74, 6) is 0. The van der Waals surface area contributed by atoms with E-state index in [4.69, 9.17) is 0 Å². The summed E-state index contributed by atoms with van der Waals surface area (Å²) in [6.07, 6.45) is 1.65. The lowest BCUT2D eigenvalue weighted by Crippen LogP contribution is -1.87. The molecular formula is C12H13N2. The van der Waals surface area contributed by atoms with Crippen molar-refractivity contribution in [2.45, 2.75) is 12.8 Å². The summed E-state index contributed by atoms with van der Waals surface area (Å²) < 4.78 is 0. The molecule has 0 saturated carbocycles. The SMILES string of the molecule is [CH2]Cc1cc(Cc2ccccc2)n[nH]1. The maximum atomic E-state index is 4.22. The second-order valence-corrected chi connectivity index (χ2v) is 3.30. The Kier molecular flexibility index (Phi) is 2.63. The van der Waals surface area contributed by atoms with Gasteiger partial charge in [0.1, 0.15) is 0 Å². The lowest BCUT2D eigenvalue weighted by atomic mass is 10.1. The molecule has 1 radical (unpaired) electrons. The zero-order chi connectivity index (χ0) is 9.80. The van der Waals surface area contributed by atoms with E-state index in [-0.39, 0.29) is 0 Å². The first kappa shape index (κ1) is 9.00. The maximum Gasteiger partial charge on any atom is 0.0668 e. The summed E-state index contributed by atoms with van der Waals surface area (Å²) in [5.41, 5.74) is 3.46. The molecule has 0 fully saturated rings. The van der Waals surface area contributed by atoms with Gasteiger partial charge in [0.2, 0.25) is 0 Å². The number of nitrogens with zero attached hydrogens (tertiary/aromatic N) is 1. The average molecular weight is 185 g/mol. The van der Waals surface area contributed by atoms with Crippen LogP contribution in [0.15, 0.2) is 36.4 Å². The number of aromatic nitrogens is 2. The number of nitrogens with one attached hydrogen (secondary N) is 1. The van der Waals surface area contributed by atoms with Gasteiger partial charge in [0.05, 0.1) is 5.69 Å². The maximum absolute atomic E-state index is 4.22. The van der Waals surface area contributed by atoms with Crippen molar-refractivity contribution < 1.29 is 0 Å². The van der Waals surface area contributed by atoms with E-state index in [1.807, 2.05) is 18.2 Å². The molecule has 0 bridgehead atoms. The quantitative estimate of drug-likeness (QED) is 0.781. The fraction of sp³-hybridized carbons (Fsp3) is 0.167. The highest BCUT2D eigenvalue weighted by molar-refractivity contribution is 5.22. The van der Waals surface area contributed by atoms with Crippen molar-refractivity contribution >= 4 is 0 Å². The highest BCUT2D eigenvalue weighted by atomic mass is 15.1. The number of hydrogen-bond donors (Lipinski definition) is 1. The van der Waals surface area contributed by atoms with Crippen LogP contribution < -0.4 is 0 Å². The minimum Gasteiger partial charge on any atom is -0.282 e. The van der Waals surface area contributed by atoms with Crippen LogP contribution in [0.2, 0.25) is 0 Å². The van der Waals surface area contributed by atoms with Gasteiger partial charge in [-0.05, 0) is 25.0 Å². The van der Waals surface area contributed by atoms with Gasteiger partial charge in [0.15, 0.2) is 0 Å². The Morgan fingerprint density at radius 2 is 2.00 bits per heavy atom. The third-order valence-electron chi connectivity index (χ3n) is 2.18. The van der Waals surface area contributed by atoms with Gasteiger partial charge in [0.25, 0.3) is 0 Å². The number of H-pyrrole nitrogens is 1. The standard InChI is InChI=1S/C12H13N2/c1-2-11-9-12(14-13-11)8-10-6-4-3-5-7-10/h3-7,9H,1-2,8H2,(H,13,14). The molecule has 0 saturated heterocycles. The molecule has 14 heavy (non-hydrogen) atoms. The summed E-state index contributed by atoms with van der Waals surface area (Å²) >= 11 is 0. The Bertz CT molecular complexity index is 390. The third kappa shape index (κ3) is 2.02. The highest BCUT2D eigenvalue weighted by Crippen LogP contribution is 2.07. The number of rotatable bonds is 3. The number of benzene rings is 1. The second kappa shape index (κ2) is 4.09. The van der Waals surface area contributed by atoms with Crippen LogP contribution in [0.5, 0.6) is 0 Å². The van der Waals surface area contributed by atoms with Crippen molar-refractivity contribution in [2.24, 2.45) is 0 Å². The molecule has 0 aliphatic carbocycles. The molecule has 0 aliphatic rings. The van der Waals surface area contributed by atoms with Crippen molar-refractivity contribution in [2.75, 3.05) is 0 Å². The number of aromatic amines is 1. The minimum atomic E-state index is 0.766. The summed E-state index contributed by atoms with van der Waals surface area (Å²) in [6, 6.07) is 12.4. The molecule has 0 amide bonds. The van der Waals surface area contributed by atoms with Crippen molar-refractivity contribution in [3.63, 3.8) is 0 Å². The van der Waals surface area contributed by atoms with E-state index in [0.29, 0.717) is 0 Å². The fourth-order valence-corrected chi connectivity index (χ4v) is 1.43. The van der Waals surface area contributed by atoms with Crippen molar-refractivity contribution in [1.82, 2.24) is 10.2 Å². The van der Waals surface area contributed by atoms with E-state index in [0.717, 1.165) is 24.2 Å². The average Bonchev–Trinajstić information content (AvgIpc) is 2.67. The predicted molar refractivity (Wildman–Crippen MR) is 56.9 cm³/mol. The Morgan fingerprint density at radius 3 is 2.64 bits per heavy atom. The second-order valence-electron chi connectivity index (χ2n) is 3.30. The molecule has 1 aromatic heterocycles. The summed E-state index contributed by atoms with van der Waals surface area (Å²) in [6.45, 7) is 3.81. The van der Waals surface area contributed by atoms with Crippen molar-refractivity contribution in [1.29, 1.82) is 0 Å². The van der Waals surface area contributed by atoms with E-state index in [9.17, 15) is 0 Å². The van der Waals surface area contributed by atoms with Gasteiger partial charge in [-0.1, -0.05) is 30.3 Å². The lowest BCUT2D eigenvalue weighted by Gasteiger charge is -1.95. The van der Waals surface area contributed by atoms with Gasteiger partial charge in [-0.15, -0.1) is 0 Å². The Labute approximate surface area is 84.0 Å². The first-order chi connectivity index (χ1) is 6.88. The fourth-order valence-electron chi connectivity index (χ4n) is 1.43. The Hall–Kier alpha value is -1.57. The van der Waals surface area contributed by atoms with Gasteiger partial charge in [-0.3, -0.25) is 5.10 Å². The topological polar surface area (TPSA) is 28.7 Å². The molecule has 71 valence electrons. The van der Waals surface area contributed by atoms with Crippen LogP contribution in [-0.2, 0) is 12.8 Å². The molecule has 1 N–H and O–H groups in total. The smallest absolute Gasteiger partial charge is 0.0668 e. The normalized spacial score (nSPS) is 10.4. The molecule has 0 atom stereocenters. The van der Waals surface area contributed by atoms with Crippen LogP contribution in [0.25, 0.3) is 0 Å². The van der Waals surface area contributed by atoms with Crippen LogP contribution >= 0.6 is 0 Å². The van der Waals surface area contributed by atoms with Crippen LogP contribution in [0.1, 0.15) is 17.0 Å². The summed E-state index contributed by atoms with van der Waals surface area (Å²) in [4.78, 5) is 0. The predicted octanol–water partition coefficient (Wildman–Crippen LogP) is 2.38. The zero-order valence-corrected chi connectivity index (χ0v) is 8.03. The van der Waals surface area contributed by atoms with E-state index in [1.165, 1.54) is 5.56 Å². The highest BCUT2D eigenvalue weighted by Gasteiger charge is 2.00. The molecule has 1 aromatic carbocycles. The first-order valence-corrected chi connectivity index (χ1v) is 4.75. The Morgan fingerprint density at radius 1 is 1.21 bits per heavy atom. The molecule has 0 aliphatic heterocycles. The largest absolute Gasteiger partial charge is 0.282 e. The van der Waals surface area contributed by atoms with Crippen LogP contribution in [0.3, 0.4) is 0 Å². The molecule has 2 rings (SSSR count). The molecular weight excluding hydrogens is 172 g/mol. The van der Waals surface area contributed by atoms with Gasteiger partial charge >= 0.3 is 0 Å². The van der Waals surface area contributed by atoms with E-state index in [1.54, 1.807) is 0 Å². The van der Waals surface area contributed by atoms with E-state index >= 15 is 0 Å². The minimum absolute atomic E-state index is 0.766. The zero-order valence-electron chi connectivity index (χ0n) is 8.03. The Balaban J connectivity index is 2.11. The van der Waals surface area contributed by atoms with E-state index in [2.05, 4.69) is 35.3 Å². The third-order valence-corrected chi connectivity index (χ3v) is 2.18. The first-order valence-electron chi connectivity index (χ1n) is 4.75. The van der Waals surface area contributed by atoms with Crippen LogP contribution in [0.4, 0.5) is 0 Å². The van der Waals surface area contributed by atoms with Crippen LogP contribution in [-0.4, -0.2) is 10.2 Å². The van der Waals surface area contributed by atoms with Gasteiger partial charge in [0, 0.05) is 12.1 Å². The summed E-state index contributed by atoms with van der Waals surface area (Å²) in [7, 11) is 0. The van der Waals surface area contributed by atoms with Gasteiger partial charge in [-0.25, -0.2) is 0 Å². The molecule has 0 unspecified atom stereocenters. The summed E-state index contributed by atoms with van der Waals surface area (Å²) in [5, 5.41) is 7.18. The molecule has 2 nitrogen and oxygen atoms in total. The lowest BCUT2D eigenvalue weighted by molar-refractivity contribution is 0.964. The van der Waals surface area contributed by atoms with Gasteiger partial charge in [-0.2, -0.15) is 5.10 Å². The number of hydrogen-bond acceptors (Lipinski definition) is 1. The van der Waals surface area contributed by atoms with E-state index < -0.39 is 0 Å². The molecule has 2 heteroatoms. The molecule has 0 spiro atoms. The van der Waals surface area contributed by atoms with Crippen molar-refractivity contribution in [3.8, 4) is 0 Å².